The second-order valence-electron chi connectivity index (χ2n) is 4.05. The second kappa shape index (κ2) is 5.39. The Morgan fingerprint density at radius 1 is 1.35 bits per heavy atom. The van der Waals surface area contributed by atoms with Gasteiger partial charge in [0, 0.05) is 11.9 Å². The van der Waals surface area contributed by atoms with Gasteiger partial charge in [0.15, 0.2) is 0 Å². The number of aromatic carboxylic acids is 1. The molecule has 0 spiro atoms. The Hall–Kier alpha value is -2.26. The summed E-state index contributed by atoms with van der Waals surface area (Å²) in [6, 6.07) is 4.42. The van der Waals surface area contributed by atoms with Crippen molar-refractivity contribution in [1.29, 1.82) is 0 Å². The molecule has 1 aromatic carbocycles. The summed E-state index contributed by atoms with van der Waals surface area (Å²) in [4.78, 5) is 18.9. The number of primary sulfonamides is 1. The van der Waals surface area contributed by atoms with Crippen molar-refractivity contribution >= 4 is 32.7 Å². The van der Waals surface area contributed by atoms with E-state index in [4.69, 9.17) is 10.2 Å². The Morgan fingerprint density at radius 2 is 2.10 bits per heavy atom. The monoisotopic (exact) mass is 296 g/mol. The first-order chi connectivity index (χ1) is 9.37. The van der Waals surface area contributed by atoms with Gasteiger partial charge in [-0.05, 0) is 18.2 Å². The molecule has 20 heavy (non-hydrogen) atoms. The summed E-state index contributed by atoms with van der Waals surface area (Å²) in [5.41, 5.74) is 0.574. The zero-order valence-corrected chi connectivity index (χ0v) is 11.1. The van der Waals surface area contributed by atoms with Gasteiger partial charge in [0.1, 0.15) is 12.1 Å². The largest absolute Gasteiger partial charge is 0.478 e. The SMILES string of the molecule is NS(=O)(=O)CCNc1ncnc2cc(C(=O)O)ccc12. The summed E-state index contributed by atoms with van der Waals surface area (Å²) in [5.74, 6) is -0.851. The number of carboxylic acids is 1. The first-order valence-electron chi connectivity index (χ1n) is 5.59. The zero-order chi connectivity index (χ0) is 14.8. The van der Waals surface area contributed by atoms with Gasteiger partial charge in [-0.3, -0.25) is 0 Å². The fraction of sp³-hybridized carbons (Fsp3) is 0.182. The van der Waals surface area contributed by atoms with Gasteiger partial charge >= 0.3 is 5.97 Å². The number of benzene rings is 1. The lowest BCUT2D eigenvalue weighted by molar-refractivity contribution is 0.0697. The van der Waals surface area contributed by atoms with E-state index in [-0.39, 0.29) is 17.9 Å². The van der Waals surface area contributed by atoms with Crippen molar-refractivity contribution in [2.75, 3.05) is 17.6 Å². The summed E-state index contributed by atoms with van der Waals surface area (Å²) < 4.78 is 21.7. The third-order valence-electron chi connectivity index (χ3n) is 2.56. The van der Waals surface area contributed by atoms with Gasteiger partial charge in [0.2, 0.25) is 10.0 Å². The molecule has 0 aliphatic heterocycles. The molecule has 2 rings (SSSR count). The molecule has 1 aromatic heterocycles. The number of nitrogens with zero attached hydrogens (tertiary/aromatic N) is 2. The molecular weight excluding hydrogens is 284 g/mol. The van der Waals surface area contributed by atoms with Crippen LogP contribution in [0, 0.1) is 0 Å². The van der Waals surface area contributed by atoms with Gasteiger partial charge in [0.25, 0.3) is 0 Å². The van der Waals surface area contributed by atoms with Crippen LogP contribution < -0.4 is 10.5 Å². The average molecular weight is 296 g/mol. The van der Waals surface area contributed by atoms with Crippen molar-refractivity contribution in [1.82, 2.24) is 9.97 Å². The van der Waals surface area contributed by atoms with Crippen molar-refractivity contribution in [3.05, 3.63) is 30.1 Å². The highest BCUT2D eigenvalue weighted by Gasteiger charge is 2.09. The Morgan fingerprint density at radius 3 is 2.75 bits per heavy atom. The molecule has 0 radical (unpaired) electrons. The molecule has 0 aliphatic rings. The molecule has 0 unspecified atom stereocenters. The van der Waals surface area contributed by atoms with Gasteiger partial charge in [-0.1, -0.05) is 0 Å². The maximum Gasteiger partial charge on any atom is 0.335 e. The number of aromatic nitrogens is 2. The van der Waals surface area contributed by atoms with E-state index in [0.29, 0.717) is 16.7 Å². The van der Waals surface area contributed by atoms with Crippen LogP contribution in [0.5, 0.6) is 0 Å². The van der Waals surface area contributed by atoms with Crippen LogP contribution in [-0.4, -0.2) is 41.8 Å². The molecule has 0 fully saturated rings. The number of rotatable bonds is 5. The van der Waals surface area contributed by atoms with Gasteiger partial charge in [-0.15, -0.1) is 0 Å². The number of hydrogen-bond donors (Lipinski definition) is 3. The van der Waals surface area contributed by atoms with Gasteiger partial charge < -0.3 is 10.4 Å². The smallest absolute Gasteiger partial charge is 0.335 e. The lowest BCUT2D eigenvalue weighted by Crippen LogP contribution is -2.22. The molecule has 0 saturated heterocycles. The Kier molecular flexibility index (Phi) is 3.81. The van der Waals surface area contributed by atoms with Gasteiger partial charge in [0.05, 0.1) is 16.8 Å². The van der Waals surface area contributed by atoms with E-state index in [2.05, 4.69) is 15.3 Å². The van der Waals surface area contributed by atoms with E-state index < -0.39 is 16.0 Å². The third kappa shape index (κ3) is 3.39. The molecule has 1 heterocycles. The van der Waals surface area contributed by atoms with Gasteiger partial charge in [-0.25, -0.2) is 28.3 Å². The molecule has 8 nitrogen and oxygen atoms in total. The first-order valence-corrected chi connectivity index (χ1v) is 7.31. The number of sulfonamides is 1. The lowest BCUT2D eigenvalue weighted by atomic mass is 10.1. The second-order valence-corrected chi connectivity index (χ2v) is 5.79. The summed E-state index contributed by atoms with van der Waals surface area (Å²) in [7, 11) is -3.55. The highest BCUT2D eigenvalue weighted by Crippen LogP contribution is 2.20. The standard InChI is InChI=1S/C11H12N4O4S/c12-20(18,19)4-3-13-10-8-2-1-7(11(16)17)5-9(8)14-6-15-10/h1-2,5-6H,3-4H2,(H,16,17)(H2,12,18,19)(H,13,14,15). The van der Waals surface area contributed by atoms with E-state index >= 15 is 0 Å². The molecule has 0 saturated carbocycles. The minimum absolute atomic E-state index is 0.103. The van der Waals surface area contributed by atoms with Crippen LogP contribution >= 0.6 is 0 Å². The Bertz CT molecular complexity index is 760. The third-order valence-corrected chi connectivity index (χ3v) is 3.34. The maximum absolute atomic E-state index is 10.9. The summed E-state index contributed by atoms with van der Waals surface area (Å²) >= 11 is 0. The maximum atomic E-state index is 10.9. The molecule has 106 valence electrons. The van der Waals surface area contributed by atoms with Crippen LogP contribution in [-0.2, 0) is 10.0 Å². The Balaban J connectivity index is 2.28. The minimum atomic E-state index is -3.55. The van der Waals surface area contributed by atoms with E-state index in [1.807, 2.05) is 0 Å². The lowest BCUT2D eigenvalue weighted by Gasteiger charge is -2.07. The van der Waals surface area contributed by atoms with E-state index in [9.17, 15) is 13.2 Å². The summed E-state index contributed by atoms with van der Waals surface area (Å²) in [6.07, 6.45) is 1.27. The number of nitrogens with two attached hydrogens (primary N) is 1. The van der Waals surface area contributed by atoms with Crippen LogP contribution in [0.25, 0.3) is 10.9 Å². The van der Waals surface area contributed by atoms with Crippen LogP contribution in [0.1, 0.15) is 10.4 Å². The average Bonchev–Trinajstić information content (AvgIpc) is 2.36. The minimum Gasteiger partial charge on any atom is -0.478 e. The van der Waals surface area contributed by atoms with E-state index in [1.165, 1.54) is 18.5 Å². The predicted molar refractivity (Wildman–Crippen MR) is 73.0 cm³/mol. The van der Waals surface area contributed by atoms with E-state index in [1.54, 1.807) is 6.07 Å². The van der Waals surface area contributed by atoms with Gasteiger partial charge in [-0.2, -0.15) is 0 Å². The number of carboxylic acid groups (broad SMARTS) is 1. The molecule has 0 amide bonds. The fourth-order valence-corrected chi connectivity index (χ4v) is 2.03. The molecule has 2 aromatic rings. The van der Waals surface area contributed by atoms with Crippen LogP contribution in [0.15, 0.2) is 24.5 Å². The highest BCUT2D eigenvalue weighted by molar-refractivity contribution is 7.89. The predicted octanol–water partition coefficient (Wildman–Crippen LogP) is 0.0284. The molecule has 0 aliphatic carbocycles. The highest BCUT2D eigenvalue weighted by atomic mass is 32.2. The van der Waals surface area contributed by atoms with Crippen molar-refractivity contribution in [3.63, 3.8) is 0 Å². The number of nitrogens with one attached hydrogen (secondary N) is 1. The van der Waals surface area contributed by atoms with Crippen molar-refractivity contribution in [2.45, 2.75) is 0 Å². The molecule has 9 heteroatoms. The number of fused-ring (bicyclic) bond motifs is 1. The Labute approximate surface area is 114 Å². The number of anilines is 1. The first kappa shape index (κ1) is 14.2. The molecule has 0 atom stereocenters. The fourth-order valence-electron chi connectivity index (χ4n) is 1.64. The van der Waals surface area contributed by atoms with Crippen LogP contribution in [0.2, 0.25) is 0 Å². The summed E-state index contributed by atoms with van der Waals surface area (Å²) in [5, 5.41) is 17.2. The normalized spacial score (nSPS) is 11.4. The zero-order valence-electron chi connectivity index (χ0n) is 10.3. The van der Waals surface area contributed by atoms with Crippen molar-refractivity contribution in [2.24, 2.45) is 5.14 Å². The van der Waals surface area contributed by atoms with Crippen molar-refractivity contribution in [3.8, 4) is 0 Å². The molecule has 0 bridgehead atoms. The molecular formula is C11H12N4O4S. The topological polar surface area (TPSA) is 135 Å². The van der Waals surface area contributed by atoms with E-state index in [0.717, 1.165) is 0 Å². The summed E-state index contributed by atoms with van der Waals surface area (Å²) in [6.45, 7) is 0.103. The number of hydrogen-bond acceptors (Lipinski definition) is 6. The quantitative estimate of drug-likeness (QED) is 0.708. The molecule has 4 N–H and O–H groups in total. The van der Waals surface area contributed by atoms with Crippen LogP contribution in [0.3, 0.4) is 0 Å². The number of carbonyl (C=O) groups is 1. The van der Waals surface area contributed by atoms with Crippen LogP contribution in [0.4, 0.5) is 5.82 Å². The van der Waals surface area contributed by atoms with Crippen molar-refractivity contribution < 1.29 is 18.3 Å².